The molecule has 1 aliphatic rings. The minimum atomic E-state index is -3.00. The van der Waals surface area contributed by atoms with Gasteiger partial charge in [0, 0.05) is 17.8 Å². The highest BCUT2D eigenvalue weighted by atomic mass is 32.2. The Morgan fingerprint density at radius 2 is 1.96 bits per heavy atom. The third-order valence-corrected chi connectivity index (χ3v) is 8.28. The Morgan fingerprint density at radius 1 is 1.24 bits per heavy atom. The van der Waals surface area contributed by atoms with Crippen LogP contribution in [0.15, 0.2) is 29.6 Å². The van der Waals surface area contributed by atoms with Crippen molar-refractivity contribution < 1.29 is 13.2 Å². The van der Waals surface area contributed by atoms with Gasteiger partial charge in [-0.1, -0.05) is 12.1 Å². The lowest BCUT2D eigenvalue weighted by molar-refractivity contribution is -0.131. The maximum absolute atomic E-state index is 12.6. The van der Waals surface area contributed by atoms with Crippen molar-refractivity contribution in [3.8, 4) is 0 Å². The molecule has 2 heterocycles. The van der Waals surface area contributed by atoms with Gasteiger partial charge in [-0.25, -0.2) is 8.42 Å². The summed E-state index contributed by atoms with van der Waals surface area (Å²) in [5.41, 5.74) is 1.05. The number of likely N-dealkylation sites (tertiary alicyclic amines) is 1. The number of amides is 1. The first-order chi connectivity index (χ1) is 11.8. The molecule has 4 nitrogen and oxygen atoms in total. The number of thiophene rings is 1. The Labute approximate surface area is 153 Å². The molecule has 1 aromatic heterocycles. The van der Waals surface area contributed by atoms with E-state index >= 15 is 0 Å². The summed E-state index contributed by atoms with van der Waals surface area (Å²) < 4.78 is 25.3. The van der Waals surface area contributed by atoms with Crippen molar-refractivity contribution in [1.29, 1.82) is 0 Å². The summed E-state index contributed by atoms with van der Waals surface area (Å²) in [6.07, 6.45) is 1.98. The van der Waals surface area contributed by atoms with Crippen molar-refractivity contribution in [2.24, 2.45) is 5.92 Å². The number of hydrogen-bond donors (Lipinski definition) is 0. The maximum atomic E-state index is 12.6. The summed E-state index contributed by atoms with van der Waals surface area (Å²) in [5, 5.41) is 2.96. The highest BCUT2D eigenvalue weighted by Gasteiger charge is 2.27. The van der Waals surface area contributed by atoms with Crippen LogP contribution in [0.1, 0.15) is 32.3 Å². The van der Waals surface area contributed by atoms with Crippen molar-refractivity contribution >= 4 is 37.2 Å². The van der Waals surface area contributed by atoms with Gasteiger partial charge in [0.1, 0.15) is 0 Å². The van der Waals surface area contributed by atoms with E-state index in [1.807, 2.05) is 11.0 Å². The van der Waals surface area contributed by atoms with Crippen molar-refractivity contribution in [1.82, 2.24) is 4.90 Å². The predicted molar refractivity (Wildman–Crippen MR) is 104 cm³/mol. The van der Waals surface area contributed by atoms with Crippen LogP contribution in [0.25, 0.3) is 10.1 Å². The van der Waals surface area contributed by atoms with Gasteiger partial charge in [-0.2, -0.15) is 0 Å². The van der Waals surface area contributed by atoms with Crippen LogP contribution >= 0.6 is 11.3 Å². The van der Waals surface area contributed by atoms with E-state index in [4.69, 9.17) is 0 Å². The van der Waals surface area contributed by atoms with E-state index < -0.39 is 9.84 Å². The molecule has 1 fully saturated rings. The molecule has 1 saturated heterocycles. The summed E-state index contributed by atoms with van der Waals surface area (Å²) in [6.45, 7) is 4.80. The molecule has 0 radical (unpaired) electrons. The molecule has 1 aromatic carbocycles. The fourth-order valence-corrected chi connectivity index (χ4v) is 5.49. The molecule has 2 aromatic rings. The normalized spacial score (nSPS) is 16.7. The highest BCUT2D eigenvalue weighted by molar-refractivity contribution is 7.91. The molecular weight excluding hydrogens is 354 g/mol. The Balaban J connectivity index is 1.54. The van der Waals surface area contributed by atoms with Crippen LogP contribution < -0.4 is 0 Å². The van der Waals surface area contributed by atoms with Crippen molar-refractivity contribution in [2.45, 2.75) is 38.4 Å². The number of nitrogens with zero attached hydrogens (tertiary/aromatic N) is 1. The molecule has 1 aliphatic heterocycles. The molecule has 25 heavy (non-hydrogen) atoms. The SMILES string of the molecule is CC(C)S(=O)(=O)CC1CCN(C(=O)Cc2ccc3ccsc3c2)CC1. The Bertz CT molecular complexity index is 846. The predicted octanol–water partition coefficient (Wildman–Crippen LogP) is 3.51. The quantitative estimate of drug-likeness (QED) is 0.799. The van der Waals surface area contributed by atoms with Gasteiger partial charge >= 0.3 is 0 Å². The molecule has 0 spiro atoms. The zero-order valence-corrected chi connectivity index (χ0v) is 16.4. The van der Waals surface area contributed by atoms with E-state index in [9.17, 15) is 13.2 Å². The van der Waals surface area contributed by atoms with E-state index in [0.29, 0.717) is 19.5 Å². The number of sulfone groups is 1. The summed E-state index contributed by atoms with van der Waals surface area (Å²) in [6, 6.07) is 8.27. The van der Waals surface area contributed by atoms with Gasteiger partial charge < -0.3 is 4.90 Å². The molecule has 6 heteroatoms. The van der Waals surface area contributed by atoms with Gasteiger partial charge in [0.25, 0.3) is 0 Å². The van der Waals surface area contributed by atoms with Gasteiger partial charge in [0.15, 0.2) is 9.84 Å². The molecular formula is C19H25NO3S2. The minimum Gasteiger partial charge on any atom is -0.342 e. The Morgan fingerprint density at radius 3 is 2.64 bits per heavy atom. The average Bonchev–Trinajstić information content (AvgIpc) is 3.02. The van der Waals surface area contributed by atoms with E-state index in [1.54, 1.807) is 25.2 Å². The molecule has 0 saturated carbocycles. The zero-order chi connectivity index (χ0) is 18.0. The van der Waals surface area contributed by atoms with E-state index in [-0.39, 0.29) is 22.8 Å². The third kappa shape index (κ3) is 4.42. The molecule has 0 atom stereocenters. The molecule has 1 amide bonds. The van der Waals surface area contributed by atoms with Crippen molar-refractivity contribution in [3.05, 3.63) is 35.2 Å². The number of hydrogen-bond acceptors (Lipinski definition) is 4. The van der Waals surface area contributed by atoms with E-state index in [0.717, 1.165) is 18.4 Å². The molecule has 0 unspecified atom stereocenters. The highest BCUT2D eigenvalue weighted by Crippen LogP contribution is 2.24. The molecule has 0 bridgehead atoms. The molecule has 3 rings (SSSR count). The standard InChI is InChI=1S/C19H25NO3S2/c1-14(2)25(22,23)13-15-5-8-20(9-6-15)19(21)12-16-3-4-17-7-10-24-18(17)11-16/h3-4,7,10-11,14-15H,5-6,8-9,12-13H2,1-2H3. The second-order valence-corrected chi connectivity index (χ2v) is 10.7. The van der Waals surface area contributed by atoms with E-state index in [1.165, 1.54) is 10.1 Å². The lowest BCUT2D eigenvalue weighted by Gasteiger charge is -2.32. The fraction of sp³-hybridized carbons (Fsp3) is 0.526. The van der Waals surface area contributed by atoms with E-state index in [2.05, 4.69) is 23.6 Å². The van der Waals surface area contributed by atoms with Gasteiger partial charge in [-0.3, -0.25) is 4.79 Å². The minimum absolute atomic E-state index is 0.140. The zero-order valence-electron chi connectivity index (χ0n) is 14.8. The van der Waals surface area contributed by atoms with Crippen LogP contribution in [-0.4, -0.2) is 43.3 Å². The first-order valence-electron chi connectivity index (χ1n) is 8.80. The Hall–Kier alpha value is -1.40. The van der Waals surface area contributed by atoms with Crippen molar-refractivity contribution in [3.63, 3.8) is 0 Å². The second kappa shape index (κ2) is 7.46. The fourth-order valence-electron chi connectivity index (χ4n) is 3.27. The average molecular weight is 380 g/mol. The topological polar surface area (TPSA) is 54.5 Å². The summed E-state index contributed by atoms with van der Waals surface area (Å²) in [5.74, 6) is 0.571. The number of carbonyl (C=O) groups excluding carboxylic acids is 1. The van der Waals surface area contributed by atoms with Crippen LogP contribution in [-0.2, 0) is 21.1 Å². The largest absolute Gasteiger partial charge is 0.342 e. The first kappa shape index (κ1) is 18.4. The number of rotatable bonds is 5. The summed E-state index contributed by atoms with van der Waals surface area (Å²) >= 11 is 1.69. The smallest absolute Gasteiger partial charge is 0.226 e. The number of carbonyl (C=O) groups is 1. The first-order valence-corrected chi connectivity index (χ1v) is 11.4. The van der Waals surface area contributed by atoms with Crippen LogP contribution in [0.4, 0.5) is 0 Å². The molecule has 0 aliphatic carbocycles. The summed E-state index contributed by atoms with van der Waals surface area (Å²) in [7, 11) is -3.00. The lowest BCUT2D eigenvalue weighted by atomic mass is 9.98. The molecule has 0 N–H and O–H groups in total. The van der Waals surface area contributed by atoms with Gasteiger partial charge in [-0.15, -0.1) is 11.3 Å². The van der Waals surface area contributed by atoms with Gasteiger partial charge in [0.05, 0.1) is 17.4 Å². The monoisotopic (exact) mass is 379 g/mol. The number of piperidine rings is 1. The third-order valence-electron chi connectivity index (χ3n) is 5.03. The summed E-state index contributed by atoms with van der Waals surface area (Å²) in [4.78, 5) is 14.4. The van der Waals surface area contributed by atoms with Gasteiger partial charge in [-0.05, 0) is 61.1 Å². The number of fused-ring (bicyclic) bond motifs is 1. The van der Waals surface area contributed by atoms with Crippen molar-refractivity contribution in [2.75, 3.05) is 18.8 Å². The van der Waals surface area contributed by atoms with Crippen LogP contribution in [0.2, 0.25) is 0 Å². The second-order valence-electron chi connectivity index (χ2n) is 7.17. The Kier molecular flexibility index (Phi) is 5.49. The number of benzene rings is 1. The van der Waals surface area contributed by atoms with Crippen LogP contribution in [0.5, 0.6) is 0 Å². The van der Waals surface area contributed by atoms with Crippen LogP contribution in [0.3, 0.4) is 0 Å². The molecule has 136 valence electrons. The maximum Gasteiger partial charge on any atom is 0.226 e. The van der Waals surface area contributed by atoms with Gasteiger partial charge in [0.2, 0.25) is 5.91 Å². The van der Waals surface area contributed by atoms with Crippen LogP contribution in [0, 0.1) is 5.92 Å². The lowest BCUT2D eigenvalue weighted by Crippen LogP contribution is -2.41.